The van der Waals surface area contributed by atoms with Crippen molar-refractivity contribution in [2.45, 2.75) is 76.5 Å². The Morgan fingerprint density at radius 3 is 2.29 bits per heavy atom. The van der Waals surface area contributed by atoms with Crippen molar-refractivity contribution >= 4 is 17.3 Å². The van der Waals surface area contributed by atoms with Crippen molar-refractivity contribution in [3.63, 3.8) is 0 Å². The third-order valence-electron chi connectivity index (χ3n) is 13.5. The zero-order valence-electron chi connectivity index (χ0n) is 22.8. The molecule has 0 aromatic heterocycles. The van der Waals surface area contributed by atoms with E-state index in [1.807, 2.05) is 12.1 Å². The van der Waals surface area contributed by atoms with Gasteiger partial charge >= 0.3 is 0 Å². The second-order valence-corrected chi connectivity index (χ2v) is 14.2. The Hall–Kier alpha value is -2.23. The maximum atomic E-state index is 14.7. The van der Waals surface area contributed by atoms with Crippen LogP contribution in [-0.2, 0) is 19.8 Å². The molecule has 0 aliphatic heterocycles. The summed E-state index contributed by atoms with van der Waals surface area (Å²) >= 11 is 0. The zero-order chi connectivity index (χ0) is 26.0. The molecule has 1 unspecified atom stereocenters. The third kappa shape index (κ3) is 2.49. The normalized spacial score (nSPS) is 50.2. The summed E-state index contributed by atoms with van der Waals surface area (Å²) in [4.78, 5) is 42.5. The van der Waals surface area contributed by atoms with Crippen LogP contribution in [-0.4, -0.2) is 24.5 Å². The van der Waals surface area contributed by atoms with Gasteiger partial charge in [-0.1, -0.05) is 56.9 Å². The molecule has 38 heavy (non-hydrogen) atoms. The Labute approximate surface area is 226 Å². The predicted octanol–water partition coefficient (Wildman–Crippen LogP) is 6.12. The van der Waals surface area contributed by atoms with Gasteiger partial charge in [0, 0.05) is 41.9 Å². The summed E-state index contributed by atoms with van der Waals surface area (Å²) in [5.74, 6) is 2.36. The Kier molecular flexibility index (Phi) is 4.79. The van der Waals surface area contributed by atoms with Crippen LogP contribution in [0.15, 0.2) is 36.4 Å². The molecule has 7 aliphatic rings. The summed E-state index contributed by atoms with van der Waals surface area (Å²) in [5.41, 5.74) is 0.646. The van der Waals surface area contributed by atoms with E-state index in [1.54, 1.807) is 7.11 Å². The Morgan fingerprint density at radius 1 is 0.789 bits per heavy atom. The zero-order valence-corrected chi connectivity index (χ0v) is 22.8. The lowest BCUT2D eigenvalue weighted by Gasteiger charge is -2.51. The molecule has 6 saturated carbocycles. The van der Waals surface area contributed by atoms with Gasteiger partial charge in [-0.05, 0) is 77.9 Å². The van der Waals surface area contributed by atoms with E-state index in [4.69, 9.17) is 4.74 Å². The highest BCUT2D eigenvalue weighted by molar-refractivity contribution is 5.97. The van der Waals surface area contributed by atoms with Crippen LogP contribution in [0.25, 0.3) is 0 Å². The summed E-state index contributed by atoms with van der Waals surface area (Å²) in [6.45, 7) is 2.45. The first-order valence-corrected chi connectivity index (χ1v) is 15.3. The number of hydrogen-bond acceptors (Lipinski definition) is 4. The number of allylic oxidation sites excluding steroid dienone is 2. The number of hydrogen-bond donors (Lipinski definition) is 0. The van der Waals surface area contributed by atoms with Crippen molar-refractivity contribution in [3.05, 3.63) is 42.0 Å². The summed E-state index contributed by atoms with van der Waals surface area (Å²) in [7, 11) is 1.69. The van der Waals surface area contributed by atoms with E-state index in [0.29, 0.717) is 30.2 Å². The fourth-order valence-corrected chi connectivity index (χ4v) is 12.3. The highest BCUT2D eigenvalue weighted by Gasteiger charge is 2.81. The van der Waals surface area contributed by atoms with Crippen LogP contribution in [0.1, 0.15) is 76.7 Å². The van der Waals surface area contributed by atoms with Crippen molar-refractivity contribution in [3.8, 4) is 5.75 Å². The highest BCUT2D eigenvalue weighted by Crippen LogP contribution is 2.81. The lowest BCUT2D eigenvalue weighted by molar-refractivity contribution is -0.139. The average molecular weight is 513 g/mol. The van der Waals surface area contributed by atoms with Gasteiger partial charge in [0.25, 0.3) is 0 Å². The minimum atomic E-state index is -0.371. The van der Waals surface area contributed by atoms with Gasteiger partial charge in [-0.3, -0.25) is 14.4 Å². The van der Waals surface area contributed by atoms with Gasteiger partial charge < -0.3 is 4.74 Å². The number of rotatable bonds is 2. The number of ketones is 3. The molecule has 1 aromatic carbocycles. The topological polar surface area (TPSA) is 60.4 Å². The summed E-state index contributed by atoms with van der Waals surface area (Å²) < 4.78 is 5.49. The van der Waals surface area contributed by atoms with Crippen LogP contribution in [0.3, 0.4) is 0 Å². The highest BCUT2D eigenvalue weighted by atomic mass is 16.5. The number of ether oxygens (including phenoxy) is 1. The number of Topliss-reactive ketones (excluding diaryl/α,β-unsaturated/α-hetero) is 3. The van der Waals surface area contributed by atoms with Gasteiger partial charge in [-0.15, -0.1) is 0 Å². The molecular formula is C34H40O4. The largest absolute Gasteiger partial charge is 0.497 e. The Balaban J connectivity index is 1.29. The molecule has 1 aromatic rings. The number of methoxy groups -OCH3 is 1. The SMILES string of the molecule is COc1ccc([C@@]23C=C[C@@]4(CCCC[C@@]42C)[C@H]2[C@@H]4C(=O)[C@@H]5[C@@H](CC(=O)C6CCCC[C@@H]65)[C@@H]4CC(=O)[C@H]23)cc1. The second-order valence-electron chi connectivity index (χ2n) is 14.2. The monoisotopic (exact) mass is 512 g/mol. The maximum absolute atomic E-state index is 14.7. The molecule has 4 nitrogen and oxygen atoms in total. The molecule has 0 saturated heterocycles. The standard InChI is InChI=1S/C34H40O4/c1-32-13-5-6-14-33(32)15-16-34(32,19-9-11-20(38-2)12-10-19)29-26(36)18-24-23-17-25(35)21-7-3-4-8-22(21)27(23)31(37)28(24)30(29)33/h9-12,15-16,21-24,27-30H,3-8,13-14,17-18H2,1-2H3/t21?,22-,23-,24-,27-,28+,29+,30-,32-,33-,34+/m0/s1. The van der Waals surface area contributed by atoms with Crippen LogP contribution in [0.2, 0.25) is 0 Å². The average Bonchev–Trinajstić information content (AvgIpc) is 3.45. The van der Waals surface area contributed by atoms with Gasteiger partial charge in [0.15, 0.2) is 0 Å². The molecule has 4 heteroatoms. The summed E-state index contributed by atoms with van der Waals surface area (Å²) in [6.07, 6.45) is 14.7. The van der Waals surface area contributed by atoms with Crippen LogP contribution in [0, 0.1) is 58.2 Å². The maximum Gasteiger partial charge on any atom is 0.140 e. The van der Waals surface area contributed by atoms with Gasteiger partial charge in [0.1, 0.15) is 23.1 Å². The molecule has 0 heterocycles. The predicted molar refractivity (Wildman–Crippen MR) is 143 cm³/mol. The minimum Gasteiger partial charge on any atom is -0.497 e. The fraction of sp³-hybridized carbons (Fsp3) is 0.676. The molecule has 7 aliphatic carbocycles. The van der Waals surface area contributed by atoms with Crippen LogP contribution < -0.4 is 4.74 Å². The molecule has 200 valence electrons. The van der Waals surface area contributed by atoms with Crippen molar-refractivity contribution in [2.24, 2.45) is 58.2 Å². The molecule has 0 spiro atoms. The van der Waals surface area contributed by atoms with Crippen LogP contribution >= 0.6 is 0 Å². The van der Waals surface area contributed by atoms with E-state index in [9.17, 15) is 14.4 Å². The van der Waals surface area contributed by atoms with Gasteiger partial charge in [-0.2, -0.15) is 0 Å². The second kappa shape index (κ2) is 7.70. The quantitative estimate of drug-likeness (QED) is 0.448. The van der Waals surface area contributed by atoms with Crippen molar-refractivity contribution < 1.29 is 19.1 Å². The molecule has 2 bridgehead atoms. The molecule has 0 radical (unpaired) electrons. The molecule has 8 rings (SSSR count). The minimum absolute atomic E-state index is 0.00541. The third-order valence-corrected chi connectivity index (χ3v) is 13.5. The molecule has 0 N–H and O–H groups in total. The fourth-order valence-electron chi connectivity index (χ4n) is 12.3. The number of fused-ring (bicyclic) bond motifs is 8. The smallest absolute Gasteiger partial charge is 0.140 e. The Morgan fingerprint density at radius 2 is 1.50 bits per heavy atom. The summed E-state index contributed by atoms with van der Waals surface area (Å²) in [6, 6.07) is 8.44. The lowest BCUT2D eigenvalue weighted by atomic mass is 9.52. The van der Waals surface area contributed by atoms with E-state index in [-0.39, 0.29) is 63.6 Å². The Bertz CT molecular complexity index is 1260. The van der Waals surface area contributed by atoms with E-state index in [1.165, 1.54) is 12.0 Å². The van der Waals surface area contributed by atoms with E-state index >= 15 is 0 Å². The van der Waals surface area contributed by atoms with Crippen LogP contribution in [0.5, 0.6) is 5.75 Å². The van der Waals surface area contributed by atoms with E-state index in [2.05, 4.69) is 31.2 Å². The molecular weight excluding hydrogens is 472 g/mol. The molecule has 6 fully saturated rings. The first-order chi connectivity index (χ1) is 18.4. The summed E-state index contributed by atoms with van der Waals surface area (Å²) in [5, 5.41) is 0. The van der Waals surface area contributed by atoms with Crippen molar-refractivity contribution in [1.82, 2.24) is 0 Å². The first-order valence-electron chi connectivity index (χ1n) is 15.3. The van der Waals surface area contributed by atoms with E-state index in [0.717, 1.165) is 50.7 Å². The number of carbonyl (C=O) groups excluding carboxylic acids is 3. The molecule has 0 amide bonds. The van der Waals surface area contributed by atoms with E-state index < -0.39 is 0 Å². The first kappa shape index (κ1) is 23.6. The van der Waals surface area contributed by atoms with Crippen molar-refractivity contribution in [2.75, 3.05) is 7.11 Å². The van der Waals surface area contributed by atoms with Gasteiger partial charge in [0.2, 0.25) is 0 Å². The molecule has 11 atom stereocenters. The van der Waals surface area contributed by atoms with Gasteiger partial charge in [-0.25, -0.2) is 0 Å². The lowest BCUT2D eigenvalue weighted by Crippen LogP contribution is -2.50. The number of benzene rings is 1. The van der Waals surface area contributed by atoms with Gasteiger partial charge in [0.05, 0.1) is 7.11 Å². The number of carbonyl (C=O) groups is 3. The van der Waals surface area contributed by atoms with Crippen LogP contribution in [0.4, 0.5) is 0 Å². The van der Waals surface area contributed by atoms with Crippen molar-refractivity contribution in [1.29, 1.82) is 0 Å².